The molecule has 3 aliphatic rings. The first-order chi connectivity index (χ1) is 28.7. The molecule has 2 unspecified atom stereocenters. The number of piperidine rings is 1. The predicted molar refractivity (Wildman–Crippen MR) is 212 cm³/mol. The molecule has 1 aromatic heterocycles. The van der Waals surface area contributed by atoms with Crippen molar-refractivity contribution in [3.63, 3.8) is 0 Å². The van der Waals surface area contributed by atoms with Gasteiger partial charge in [0.15, 0.2) is 0 Å². The maximum absolute atomic E-state index is 14.0. The van der Waals surface area contributed by atoms with Gasteiger partial charge in [0.25, 0.3) is 17.7 Å². The number of nitrogens with zero attached hydrogens (tertiary/aromatic N) is 4. The Balaban J connectivity index is 0.880. The summed E-state index contributed by atoms with van der Waals surface area (Å²) in [5.74, 6) is -2.18. The fourth-order valence-electron chi connectivity index (χ4n) is 7.52. The summed E-state index contributed by atoms with van der Waals surface area (Å²) in [7, 11) is 0. The molecule has 0 bridgehead atoms. The molecule has 3 aliphatic heterocycles. The summed E-state index contributed by atoms with van der Waals surface area (Å²) >= 11 is 1.37. The number of ether oxygens (including phenoxy) is 3. The van der Waals surface area contributed by atoms with Gasteiger partial charge < -0.3 is 24.4 Å². The van der Waals surface area contributed by atoms with E-state index in [4.69, 9.17) is 14.2 Å². The minimum atomic E-state index is -4.79. The number of nitriles is 1. The lowest BCUT2D eigenvalue weighted by atomic mass is 10.0. The third-order valence-electron chi connectivity index (χ3n) is 10.4. The SMILES string of the molecule is CC1(C)C(=O)N(c2ccc(C#N)c(C(F)(F)F)c2)C(c2cccs2)N1c1ccc(OCCOCCOCCNc2cccc3c2C(=O)N(C2CCC(=O)NC2=O)C3=O)cc1. The molecule has 2 N–H and O–H groups in total. The number of halogens is 3. The van der Waals surface area contributed by atoms with Crippen LogP contribution in [0.5, 0.6) is 5.75 Å². The largest absolute Gasteiger partial charge is 0.491 e. The van der Waals surface area contributed by atoms with Crippen LogP contribution >= 0.6 is 11.3 Å². The number of carbonyl (C=O) groups excluding carboxylic acids is 5. The molecule has 7 rings (SSSR count). The molecule has 312 valence electrons. The molecule has 5 amide bonds. The molecule has 60 heavy (non-hydrogen) atoms. The number of anilines is 3. The standard InChI is InChI=1S/C42H39F3N6O8S/c1-41(2)40(56)49(27-9-8-25(24-46)30(23-27)42(43,44)45)37(33-7-4-22-60-33)51(41)26-10-12-28(13-11-26)59-21-20-58-19-18-57-17-16-47-31-6-3-5-29-35(31)39(55)50(38(29)54)32-14-15-34(52)48-36(32)53/h3-13,22-23,32,37,47H,14-21H2,1-2H3,(H,48,52,53). The highest BCUT2D eigenvalue weighted by Gasteiger charge is 2.54. The van der Waals surface area contributed by atoms with Gasteiger partial charge in [0.2, 0.25) is 11.8 Å². The average molecular weight is 845 g/mol. The summed E-state index contributed by atoms with van der Waals surface area (Å²) < 4.78 is 59.0. The van der Waals surface area contributed by atoms with Crippen molar-refractivity contribution in [2.75, 3.05) is 54.7 Å². The van der Waals surface area contributed by atoms with E-state index in [-0.39, 0.29) is 62.7 Å². The monoisotopic (exact) mass is 844 g/mol. The minimum absolute atomic E-state index is 0.0235. The van der Waals surface area contributed by atoms with E-state index >= 15 is 0 Å². The zero-order valence-corrected chi connectivity index (χ0v) is 33.2. The molecule has 4 aromatic rings. The van der Waals surface area contributed by atoms with Crippen molar-refractivity contribution in [1.29, 1.82) is 5.26 Å². The smallest absolute Gasteiger partial charge is 0.417 e. The summed E-state index contributed by atoms with van der Waals surface area (Å²) in [4.78, 5) is 69.1. The molecule has 14 nitrogen and oxygen atoms in total. The summed E-state index contributed by atoms with van der Waals surface area (Å²) in [5.41, 5.74) is -1.38. The summed E-state index contributed by atoms with van der Waals surface area (Å²) in [6, 6.07) is 19.3. The molecule has 0 aliphatic carbocycles. The zero-order valence-electron chi connectivity index (χ0n) is 32.4. The minimum Gasteiger partial charge on any atom is -0.491 e. The molecular weight excluding hydrogens is 806 g/mol. The van der Waals surface area contributed by atoms with Crippen molar-refractivity contribution in [1.82, 2.24) is 10.2 Å². The Bertz CT molecular complexity index is 2350. The number of hydrogen-bond acceptors (Lipinski definition) is 12. The number of rotatable bonds is 15. The Morgan fingerprint density at radius 1 is 0.883 bits per heavy atom. The molecule has 0 saturated carbocycles. The molecule has 3 aromatic carbocycles. The van der Waals surface area contributed by atoms with Gasteiger partial charge >= 0.3 is 6.18 Å². The van der Waals surface area contributed by atoms with Crippen LogP contribution in [0, 0.1) is 11.3 Å². The average Bonchev–Trinajstić information content (AvgIpc) is 3.90. The highest BCUT2D eigenvalue weighted by molar-refractivity contribution is 7.10. The van der Waals surface area contributed by atoms with Crippen molar-refractivity contribution in [2.24, 2.45) is 0 Å². The van der Waals surface area contributed by atoms with Crippen molar-refractivity contribution in [3.8, 4) is 11.8 Å². The molecule has 0 radical (unpaired) electrons. The Morgan fingerprint density at radius 3 is 2.28 bits per heavy atom. The summed E-state index contributed by atoms with van der Waals surface area (Å²) in [6.07, 6.45) is -5.46. The van der Waals surface area contributed by atoms with E-state index in [1.54, 1.807) is 56.3 Å². The number of imide groups is 2. The Kier molecular flexibility index (Phi) is 11.9. The lowest BCUT2D eigenvalue weighted by Crippen LogP contribution is -2.54. The van der Waals surface area contributed by atoms with E-state index in [1.807, 2.05) is 22.4 Å². The van der Waals surface area contributed by atoms with E-state index in [2.05, 4.69) is 10.6 Å². The van der Waals surface area contributed by atoms with Crippen LogP contribution in [0.3, 0.4) is 0 Å². The number of benzene rings is 3. The van der Waals surface area contributed by atoms with Gasteiger partial charge in [0.05, 0.1) is 54.8 Å². The van der Waals surface area contributed by atoms with Gasteiger partial charge in [-0.25, -0.2) is 0 Å². The van der Waals surface area contributed by atoms with Crippen LogP contribution in [0.2, 0.25) is 0 Å². The Hall–Kier alpha value is -6.29. The van der Waals surface area contributed by atoms with Gasteiger partial charge in [-0.2, -0.15) is 18.4 Å². The van der Waals surface area contributed by atoms with Gasteiger partial charge in [-0.3, -0.25) is 39.1 Å². The van der Waals surface area contributed by atoms with Crippen molar-refractivity contribution in [3.05, 3.63) is 105 Å². The van der Waals surface area contributed by atoms with Crippen molar-refractivity contribution >= 4 is 57.9 Å². The number of amides is 5. The molecule has 2 fully saturated rings. The van der Waals surface area contributed by atoms with Crippen LogP contribution in [-0.4, -0.2) is 85.6 Å². The van der Waals surface area contributed by atoms with Crippen LogP contribution in [0.4, 0.5) is 30.2 Å². The quantitative estimate of drug-likeness (QED) is 0.108. The fourth-order valence-corrected chi connectivity index (χ4v) is 8.33. The predicted octanol–water partition coefficient (Wildman–Crippen LogP) is 5.89. The van der Waals surface area contributed by atoms with Gasteiger partial charge in [0, 0.05) is 34.9 Å². The lowest BCUT2D eigenvalue weighted by molar-refractivity contribution is -0.138. The second-order valence-corrected chi connectivity index (χ2v) is 15.5. The highest BCUT2D eigenvalue weighted by Crippen LogP contribution is 2.48. The Labute approximate surface area is 346 Å². The maximum atomic E-state index is 14.0. The van der Waals surface area contributed by atoms with Gasteiger partial charge in [-0.05, 0) is 86.3 Å². The third-order valence-corrected chi connectivity index (χ3v) is 11.3. The van der Waals surface area contributed by atoms with Crippen LogP contribution < -0.4 is 25.2 Å². The molecule has 2 atom stereocenters. The van der Waals surface area contributed by atoms with E-state index in [9.17, 15) is 42.4 Å². The normalized spacial score (nSPS) is 18.8. The summed E-state index contributed by atoms with van der Waals surface area (Å²) in [6.45, 7) is 5.05. The van der Waals surface area contributed by atoms with Crippen LogP contribution in [0.25, 0.3) is 0 Å². The van der Waals surface area contributed by atoms with Crippen molar-refractivity contribution in [2.45, 2.75) is 50.6 Å². The van der Waals surface area contributed by atoms with E-state index in [1.165, 1.54) is 28.4 Å². The van der Waals surface area contributed by atoms with Gasteiger partial charge in [0.1, 0.15) is 30.1 Å². The van der Waals surface area contributed by atoms with Crippen LogP contribution in [-0.2, 0) is 30.0 Å². The summed E-state index contributed by atoms with van der Waals surface area (Å²) in [5, 5.41) is 16.5. The third kappa shape index (κ3) is 8.15. The van der Waals surface area contributed by atoms with Crippen LogP contribution in [0.15, 0.2) is 78.2 Å². The number of thiophene rings is 1. The van der Waals surface area contributed by atoms with Crippen LogP contribution in [0.1, 0.15) is 69.6 Å². The molecule has 2 saturated heterocycles. The van der Waals surface area contributed by atoms with E-state index in [0.717, 1.165) is 21.9 Å². The van der Waals surface area contributed by atoms with E-state index < -0.39 is 64.6 Å². The number of alkyl halides is 3. The Morgan fingerprint density at radius 2 is 1.60 bits per heavy atom. The molecule has 0 spiro atoms. The van der Waals surface area contributed by atoms with Gasteiger partial charge in [-0.15, -0.1) is 11.3 Å². The van der Waals surface area contributed by atoms with Gasteiger partial charge in [-0.1, -0.05) is 12.1 Å². The first-order valence-corrected chi connectivity index (χ1v) is 19.8. The second kappa shape index (κ2) is 17.1. The lowest BCUT2D eigenvalue weighted by Gasteiger charge is -2.35. The highest BCUT2D eigenvalue weighted by atomic mass is 32.1. The maximum Gasteiger partial charge on any atom is 0.417 e. The van der Waals surface area contributed by atoms with E-state index in [0.29, 0.717) is 23.7 Å². The topological polar surface area (TPSA) is 171 Å². The molecule has 4 heterocycles. The number of fused-ring (bicyclic) bond motifs is 1. The fraction of sp³-hybridized carbons (Fsp3) is 0.333. The van der Waals surface area contributed by atoms with Crippen molar-refractivity contribution < 1.29 is 51.4 Å². The number of carbonyl (C=O) groups is 5. The second-order valence-electron chi connectivity index (χ2n) is 14.5. The number of nitrogens with one attached hydrogen (secondary N) is 2. The first kappa shape index (κ1) is 41.9. The zero-order chi connectivity index (χ0) is 42.8. The molecular formula is C42H39F3N6O8S. The number of hydrogen-bond donors (Lipinski definition) is 2. The first-order valence-electron chi connectivity index (χ1n) is 19.0. The molecule has 18 heteroatoms.